The van der Waals surface area contributed by atoms with Crippen LogP contribution in [0.15, 0.2) is 24.3 Å². The van der Waals surface area contributed by atoms with Gasteiger partial charge in [-0.15, -0.1) is 0 Å². The Morgan fingerprint density at radius 1 is 1.04 bits per heavy atom. The molecule has 0 aliphatic carbocycles. The minimum absolute atomic E-state index is 0.761. The summed E-state index contributed by atoms with van der Waals surface area (Å²) in [5.74, 6) is 1.09. The standard InChI is InChI=1S/C20H32N2O/c1-2-19-10-8-14-22(19)17-18-9-4-5-11-20(18)23-16-15-21-12-6-3-7-13-21/h4-5,9,11,19H,2-3,6-8,10,12-17H2,1H3. The lowest BCUT2D eigenvalue weighted by molar-refractivity contribution is 0.180. The second-order valence-electron chi connectivity index (χ2n) is 7.03. The summed E-state index contributed by atoms with van der Waals surface area (Å²) < 4.78 is 6.15. The van der Waals surface area contributed by atoms with Crippen molar-refractivity contribution in [2.24, 2.45) is 0 Å². The molecular formula is C20H32N2O. The van der Waals surface area contributed by atoms with Gasteiger partial charge in [-0.25, -0.2) is 0 Å². The van der Waals surface area contributed by atoms with E-state index in [4.69, 9.17) is 4.74 Å². The van der Waals surface area contributed by atoms with Crippen molar-refractivity contribution in [2.45, 2.75) is 58.0 Å². The van der Waals surface area contributed by atoms with E-state index >= 15 is 0 Å². The highest BCUT2D eigenvalue weighted by atomic mass is 16.5. The molecule has 0 saturated carbocycles. The van der Waals surface area contributed by atoms with Gasteiger partial charge in [-0.2, -0.15) is 0 Å². The number of likely N-dealkylation sites (tertiary alicyclic amines) is 2. The van der Waals surface area contributed by atoms with Crippen LogP contribution >= 0.6 is 0 Å². The van der Waals surface area contributed by atoms with Crippen molar-refractivity contribution in [1.82, 2.24) is 9.80 Å². The molecular weight excluding hydrogens is 284 g/mol. The van der Waals surface area contributed by atoms with Crippen LogP contribution in [-0.4, -0.2) is 48.6 Å². The van der Waals surface area contributed by atoms with Crippen molar-refractivity contribution in [3.8, 4) is 5.75 Å². The summed E-state index contributed by atoms with van der Waals surface area (Å²) in [5, 5.41) is 0. The Morgan fingerprint density at radius 3 is 2.70 bits per heavy atom. The zero-order valence-corrected chi connectivity index (χ0v) is 14.7. The number of para-hydroxylation sites is 1. The fraction of sp³-hybridized carbons (Fsp3) is 0.700. The Bertz CT molecular complexity index is 470. The molecule has 0 radical (unpaired) electrons. The summed E-state index contributed by atoms with van der Waals surface area (Å²) in [6.07, 6.45) is 8.06. The summed E-state index contributed by atoms with van der Waals surface area (Å²) in [4.78, 5) is 5.17. The SMILES string of the molecule is CCC1CCCN1Cc1ccccc1OCCN1CCCCC1. The minimum atomic E-state index is 0.761. The molecule has 2 aliphatic rings. The Hall–Kier alpha value is -1.06. The lowest BCUT2D eigenvalue weighted by atomic mass is 10.1. The highest BCUT2D eigenvalue weighted by Gasteiger charge is 2.23. The van der Waals surface area contributed by atoms with E-state index in [0.29, 0.717) is 0 Å². The van der Waals surface area contributed by atoms with Crippen LogP contribution in [0.1, 0.15) is 51.0 Å². The number of nitrogens with zero attached hydrogens (tertiary/aromatic N) is 2. The molecule has 0 amide bonds. The van der Waals surface area contributed by atoms with Crippen molar-refractivity contribution in [3.63, 3.8) is 0 Å². The summed E-state index contributed by atoms with van der Waals surface area (Å²) >= 11 is 0. The van der Waals surface area contributed by atoms with Crippen molar-refractivity contribution in [1.29, 1.82) is 0 Å². The van der Waals surface area contributed by atoms with Gasteiger partial charge in [0.1, 0.15) is 12.4 Å². The fourth-order valence-corrected chi connectivity index (χ4v) is 4.03. The van der Waals surface area contributed by atoms with E-state index in [1.54, 1.807) is 0 Å². The maximum absolute atomic E-state index is 6.15. The third kappa shape index (κ3) is 4.71. The monoisotopic (exact) mass is 316 g/mol. The van der Waals surface area contributed by atoms with Crippen LogP contribution in [0.2, 0.25) is 0 Å². The summed E-state index contributed by atoms with van der Waals surface area (Å²) in [6, 6.07) is 9.38. The summed E-state index contributed by atoms with van der Waals surface area (Å²) in [6.45, 7) is 8.96. The molecule has 0 bridgehead atoms. The molecule has 1 aromatic rings. The molecule has 0 aromatic heterocycles. The predicted octanol–water partition coefficient (Wildman–Crippen LogP) is 3.93. The van der Waals surface area contributed by atoms with Gasteiger partial charge in [0.05, 0.1) is 0 Å². The smallest absolute Gasteiger partial charge is 0.123 e. The molecule has 1 aromatic carbocycles. The van der Waals surface area contributed by atoms with E-state index in [1.165, 1.54) is 63.7 Å². The highest BCUT2D eigenvalue weighted by molar-refractivity contribution is 5.33. The molecule has 2 heterocycles. The average molecular weight is 316 g/mol. The largest absolute Gasteiger partial charge is 0.492 e. The van der Waals surface area contributed by atoms with Gasteiger partial charge in [-0.3, -0.25) is 9.80 Å². The minimum Gasteiger partial charge on any atom is -0.492 e. The van der Waals surface area contributed by atoms with Crippen LogP contribution in [0, 0.1) is 0 Å². The van der Waals surface area contributed by atoms with E-state index in [0.717, 1.165) is 31.5 Å². The van der Waals surface area contributed by atoms with Crippen LogP contribution in [0.3, 0.4) is 0 Å². The molecule has 0 spiro atoms. The van der Waals surface area contributed by atoms with E-state index in [-0.39, 0.29) is 0 Å². The molecule has 128 valence electrons. The van der Waals surface area contributed by atoms with E-state index in [9.17, 15) is 0 Å². The number of piperidine rings is 1. The maximum Gasteiger partial charge on any atom is 0.123 e. The van der Waals surface area contributed by atoms with Crippen LogP contribution in [0.4, 0.5) is 0 Å². The first-order valence-electron chi connectivity index (χ1n) is 9.54. The first kappa shape index (κ1) is 16.8. The number of hydrogen-bond donors (Lipinski definition) is 0. The first-order chi connectivity index (χ1) is 11.4. The van der Waals surface area contributed by atoms with Crippen LogP contribution in [0.5, 0.6) is 5.75 Å². The lowest BCUT2D eigenvalue weighted by Gasteiger charge is -2.27. The molecule has 3 nitrogen and oxygen atoms in total. The Morgan fingerprint density at radius 2 is 1.87 bits per heavy atom. The molecule has 2 fully saturated rings. The van der Waals surface area contributed by atoms with E-state index in [2.05, 4.69) is 41.0 Å². The van der Waals surface area contributed by atoms with Gasteiger partial charge in [0, 0.05) is 24.7 Å². The molecule has 23 heavy (non-hydrogen) atoms. The first-order valence-corrected chi connectivity index (χ1v) is 9.54. The van der Waals surface area contributed by atoms with Crippen molar-refractivity contribution in [3.05, 3.63) is 29.8 Å². The van der Waals surface area contributed by atoms with Gasteiger partial charge in [-0.1, -0.05) is 31.5 Å². The van der Waals surface area contributed by atoms with Gasteiger partial charge in [-0.05, 0) is 57.8 Å². The van der Waals surface area contributed by atoms with Gasteiger partial charge in [0.2, 0.25) is 0 Å². The second-order valence-corrected chi connectivity index (χ2v) is 7.03. The average Bonchev–Trinajstić information content (AvgIpc) is 3.04. The Kier molecular flexibility index (Phi) is 6.35. The zero-order chi connectivity index (χ0) is 15.9. The van der Waals surface area contributed by atoms with Crippen LogP contribution in [0.25, 0.3) is 0 Å². The molecule has 0 N–H and O–H groups in total. The Balaban J connectivity index is 1.52. The van der Waals surface area contributed by atoms with E-state index in [1.807, 2.05) is 0 Å². The van der Waals surface area contributed by atoms with Crippen molar-refractivity contribution in [2.75, 3.05) is 32.8 Å². The van der Waals surface area contributed by atoms with Gasteiger partial charge in [0.25, 0.3) is 0 Å². The van der Waals surface area contributed by atoms with E-state index < -0.39 is 0 Å². The molecule has 1 unspecified atom stereocenters. The van der Waals surface area contributed by atoms with Gasteiger partial charge < -0.3 is 4.74 Å². The van der Waals surface area contributed by atoms with Gasteiger partial charge in [0.15, 0.2) is 0 Å². The molecule has 3 rings (SSSR count). The van der Waals surface area contributed by atoms with Crippen molar-refractivity contribution >= 4 is 0 Å². The quantitative estimate of drug-likeness (QED) is 0.758. The molecule has 2 saturated heterocycles. The summed E-state index contributed by atoms with van der Waals surface area (Å²) in [7, 11) is 0. The molecule has 2 aliphatic heterocycles. The Labute approximate surface area is 141 Å². The highest BCUT2D eigenvalue weighted by Crippen LogP contribution is 2.26. The van der Waals surface area contributed by atoms with Crippen molar-refractivity contribution < 1.29 is 4.74 Å². The normalized spacial score (nSPS) is 23.3. The predicted molar refractivity (Wildman–Crippen MR) is 96.0 cm³/mol. The number of rotatable bonds is 7. The third-order valence-electron chi connectivity index (χ3n) is 5.43. The maximum atomic E-state index is 6.15. The third-order valence-corrected chi connectivity index (χ3v) is 5.43. The summed E-state index contributed by atoms with van der Waals surface area (Å²) in [5.41, 5.74) is 1.35. The molecule has 3 heteroatoms. The zero-order valence-electron chi connectivity index (χ0n) is 14.7. The molecule has 1 atom stereocenters. The van der Waals surface area contributed by atoms with Crippen LogP contribution in [-0.2, 0) is 6.54 Å². The fourth-order valence-electron chi connectivity index (χ4n) is 4.03. The number of benzene rings is 1. The van der Waals surface area contributed by atoms with Gasteiger partial charge >= 0.3 is 0 Å². The van der Waals surface area contributed by atoms with Crippen LogP contribution < -0.4 is 4.74 Å². The number of ether oxygens (including phenoxy) is 1. The number of hydrogen-bond acceptors (Lipinski definition) is 3. The second kappa shape index (κ2) is 8.70. The lowest BCUT2D eigenvalue weighted by Crippen LogP contribution is -2.33. The topological polar surface area (TPSA) is 15.7 Å².